The van der Waals surface area contributed by atoms with Crippen LogP contribution in [-0.2, 0) is 0 Å². The van der Waals surface area contributed by atoms with Gasteiger partial charge in [-0.15, -0.1) is 0 Å². The lowest BCUT2D eigenvalue weighted by Gasteiger charge is -2.14. The van der Waals surface area contributed by atoms with Crippen molar-refractivity contribution in [2.45, 2.75) is 20.0 Å². The fourth-order valence-electron chi connectivity index (χ4n) is 3.63. The number of benzene rings is 1. The van der Waals surface area contributed by atoms with Gasteiger partial charge in [0.1, 0.15) is 24.5 Å². The number of fused-ring (bicyclic) bond motifs is 1. The first-order valence-electron chi connectivity index (χ1n) is 9.84. The van der Waals surface area contributed by atoms with Gasteiger partial charge in [-0.1, -0.05) is 11.2 Å². The molecule has 1 aromatic carbocycles. The molecule has 0 bridgehead atoms. The molecule has 0 saturated carbocycles. The van der Waals surface area contributed by atoms with Crippen LogP contribution in [0.15, 0.2) is 53.5 Å². The molecule has 0 aliphatic carbocycles. The predicted molar refractivity (Wildman–Crippen MR) is 116 cm³/mol. The van der Waals surface area contributed by atoms with Crippen LogP contribution in [0.5, 0.6) is 0 Å². The minimum Gasteiger partial charge on any atom is -0.389 e. The zero-order valence-corrected chi connectivity index (χ0v) is 17.2. The lowest BCUT2D eigenvalue weighted by atomic mass is 10.0. The van der Waals surface area contributed by atoms with Crippen molar-refractivity contribution in [1.29, 1.82) is 5.26 Å². The highest BCUT2D eigenvalue weighted by Crippen LogP contribution is 2.32. The van der Waals surface area contributed by atoms with Crippen LogP contribution in [0.3, 0.4) is 0 Å². The van der Waals surface area contributed by atoms with Crippen molar-refractivity contribution in [3.8, 4) is 23.1 Å². The number of nitriles is 1. The first-order chi connectivity index (χ1) is 15.5. The van der Waals surface area contributed by atoms with Crippen molar-refractivity contribution in [3.05, 3.63) is 65.9 Å². The van der Waals surface area contributed by atoms with Gasteiger partial charge in [0.25, 0.3) is 0 Å². The number of pyridine rings is 1. The fraction of sp³-hybridized carbons (Fsp3) is 0.136. The minimum absolute atomic E-state index is 0.230. The Morgan fingerprint density at radius 2 is 2.12 bits per heavy atom. The average Bonchev–Trinajstić information content (AvgIpc) is 3.53. The molecule has 5 rings (SSSR count). The third kappa shape index (κ3) is 3.27. The van der Waals surface area contributed by atoms with Crippen molar-refractivity contribution >= 4 is 22.5 Å². The number of imidazole rings is 1. The van der Waals surface area contributed by atoms with Crippen LogP contribution >= 0.6 is 0 Å². The summed E-state index contributed by atoms with van der Waals surface area (Å²) in [6.07, 6.45) is 2.42. The summed E-state index contributed by atoms with van der Waals surface area (Å²) in [7, 11) is 0. The molecule has 10 nitrogen and oxygen atoms in total. The molecule has 4 aromatic heterocycles. The lowest BCUT2D eigenvalue weighted by Crippen LogP contribution is -2.04. The van der Waals surface area contributed by atoms with Gasteiger partial charge in [-0.2, -0.15) is 10.4 Å². The second-order valence-corrected chi connectivity index (χ2v) is 7.30. The Balaban J connectivity index is 1.60. The van der Waals surface area contributed by atoms with Crippen molar-refractivity contribution in [3.63, 3.8) is 0 Å². The third-order valence-electron chi connectivity index (χ3n) is 5.16. The SMILES string of the molecule is Cc1[nH]nc(C#N)c1-c1nc(-n2cnc3cc(Nc4ccon4)ccc32)ccc1[C@H](C)O. The van der Waals surface area contributed by atoms with Crippen LogP contribution in [0.2, 0.25) is 0 Å². The van der Waals surface area contributed by atoms with E-state index in [1.807, 2.05) is 41.8 Å². The van der Waals surface area contributed by atoms with Gasteiger partial charge in [0.05, 0.1) is 28.4 Å². The van der Waals surface area contributed by atoms with Gasteiger partial charge in [0, 0.05) is 23.0 Å². The Hall–Kier alpha value is -4.49. The number of H-pyrrole nitrogens is 1. The normalized spacial score (nSPS) is 12.1. The molecule has 0 aliphatic heterocycles. The Morgan fingerprint density at radius 3 is 2.88 bits per heavy atom. The quantitative estimate of drug-likeness (QED) is 0.385. The minimum atomic E-state index is -0.767. The van der Waals surface area contributed by atoms with Gasteiger partial charge in [0.15, 0.2) is 11.5 Å². The molecular formula is C22H18N8O2. The molecule has 158 valence electrons. The number of aromatic amines is 1. The maximum absolute atomic E-state index is 10.3. The number of rotatable bonds is 5. The van der Waals surface area contributed by atoms with E-state index in [1.54, 1.807) is 19.3 Å². The van der Waals surface area contributed by atoms with Gasteiger partial charge in [-0.25, -0.2) is 9.97 Å². The topological polar surface area (TPSA) is 141 Å². The summed E-state index contributed by atoms with van der Waals surface area (Å²) in [5.41, 5.74) is 5.06. The van der Waals surface area contributed by atoms with Crippen molar-refractivity contribution in [1.82, 2.24) is 29.9 Å². The monoisotopic (exact) mass is 426 g/mol. The maximum Gasteiger partial charge on any atom is 0.173 e. The van der Waals surface area contributed by atoms with Gasteiger partial charge in [-0.3, -0.25) is 9.67 Å². The molecule has 0 aliphatic rings. The van der Waals surface area contributed by atoms with E-state index in [0.29, 0.717) is 34.2 Å². The molecule has 32 heavy (non-hydrogen) atoms. The van der Waals surface area contributed by atoms with Gasteiger partial charge in [-0.05, 0) is 38.1 Å². The number of hydrogen-bond acceptors (Lipinski definition) is 8. The molecule has 0 spiro atoms. The van der Waals surface area contributed by atoms with E-state index in [2.05, 4.69) is 31.7 Å². The first-order valence-corrected chi connectivity index (χ1v) is 9.84. The summed E-state index contributed by atoms with van der Waals surface area (Å²) in [6.45, 7) is 3.48. The Morgan fingerprint density at radius 1 is 1.25 bits per heavy atom. The van der Waals surface area contributed by atoms with Crippen LogP contribution in [-0.4, -0.2) is 35.0 Å². The van der Waals surface area contributed by atoms with E-state index in [4.69, 9.17) is 9.51 Å². The van der Waals surface area contributed by atoms with Crippen LogP contribution < -0.4 is 5.32 Å². The smallest absolute Gasteiger partial charge is 0.173 e. The van der Waals surface area contributed by atoms with Crippen LogP contribution in [0.4, 0.5) is 11.5 Å². The highest BCUT2D eigenvalue weighted by atomic mass is 16.5. The Kier molecular flexibility index (Phi) is 4.65. The van der Waals surface area contributed by atoms with Crippen molar-refractivity contribution in [2.24, 2.45) is 0 Å². The molecule has 5 aromatic rings. The second kappa shape index (κ2) is 7.64. The number of aromatic nitrogens is 6. The summed E-state index contributed by atoms with van der Waals surface area (Å²) in [5.74, 6) is 1.21. The summed E-state index contributed by atoms with van der Waals surface area (Å²) in [6, 6.07) is 13.2. The molecule has 1 atom stereocenters. The van der Waals surface area contributed by atoms with Gasteiger partial charge < -0.3 is 14.9 Å². The van der Waals surface area contributed by atoms with Crippen molar-refractivity contribution in [2.75, 3.05) is 5.32 Å². The second-order valence-electron chi connectivity index (χ2n) is 7.30. The standard InChI is InChI=1S/C22H18N8O2/c1-12-21(17(10-23)28-27-12)22-15(13(2)31)4-6-20(26-22)30-11-24-16-9-14(3-5-18(16)30)25-19-7-8-32-29-19/h3-9,11,13,31H,1-2H3,(H,25,29)(H,27,28)/t13-/m0/s1. The number of nitrogens with one attached hydrogen (secondary N) is 2. The van der Waals surface area contributed by atoms with E-state index in [0.717, 1.165) is 16.7 Å². The molecule has 0 amide bonds. The molecule has 10 heteroatoms. The fourth-order valence-corrected chi connectivity index (χ4v) is 3.63. The average molecular weight is 426 g/mol. The van der Waals surface area contributed by atoms with Crippen molar-refractivity contribution < 1.29 is 9.63 Å². The molecule has 0 fully saturated rings. The maximum atomic E-state index is 10.3. The Bertz CT molecular complexity index is 1460. The molecule has 3 N–H and O–H groups in total. The van der Waals surface area contributed by atoms with E-state index in [-0.39, 0.29) is 5.69 Å². The summed E-state index contributed by atoms with van der Waals surface area (Å²) in [4.78, 5) is 9.30. The third-order valence-corrected chi connectivity index (χ3v) is 5.16. The predicted octanol–water partition coefficient (Wildman–Crippen LogP) is 3.78. The van der Waals surface area contributed by atoms with E-state index in [1.165, 1.54) is 6.26 Å². The number of hydrogen-bond donors (Lipinski definition) is 3. The largest absolute Gasteiger partial charge is 0.389 e. The number of aryl methyl sites for hydroxylation is 1. The highest BCUT2D eigenvalue weighted by Gasteiger charge is 2.21. The van der Waals surface area contributed by atoms with Crippen LogP contribution in [0.25, 0.3) is 28.1 Å². The van der Waals surface area contributed by atoms with E-state index >= 15 is 0 Å². The zero-order valence-electron chi connectivity index (χ0n) is 17.2. The number of nitrogens with zero attached hydrogens (tertiary/aromatic N) is 6. The summed E-state index contributed by atoms with van der Waals surface area (Å²) >= 11 is 0. The van der Waals surface area contributed by atoms with E-state index < -0.39 is 6.10 Å². The van der Waals surface area contributed by atoms with Gasteiger partial charge in [0.2, 0.25) is 0 Å². The van der Waals surface area contributed by atoms with Crippen LogP contribution in [0.1, 0.15) is 30.0 Å². The lowest BCUT2D eigenvalue weighted by molar-refractivity contribution is 0.199. The first kappa shape index (κ1) is 19.5. The number of aliphatic hydroxyl groups is 1. The zero-order chi connectivity index (χ0) is 22.2. The summed E-state index contributed by atoms with van der Waals surface area (Å²) in [5, 5.41) is 33.7. The molecule has 4 heterocycles. The van der Waals surface area contributed by atoms with Crippen LogP contribution in [0, 0.1) is 18.3 Å². The number of aliphatic hydroxyl groups excluding tert-OH is 1. The Labute approximate surface area is 182 Å². The molecule has 0 radical (unpaired) electrons. The highest BCUT2D eigenvalue weighted by molar-refractivity contribution is 5.82. The molecule has 0 saturated heterocycles. The van der Waals surface area contributed by atoms with E-state index in [9.17, 15) is 10.4 Å². The molecule has 0 unspecified atom stereocenters. The molecular weight excluding hydrogens is 408 g/mol. The number of anilines is 2. The summed E-state index contributed by atoms with van der Waals surface area (Å²) < 4.78 is 6.70. The van der Waals surface area contributed by atoms with Gasteiger partial charge >= 0.3 is 0 Å².